The van der Waals surface area contributed by atoms with Gasteiger partial charge < -0.3 is 36.8 Å². The van der Waals surface area contributed by atoms with Gasteiger partial charge in [-0.2, -0.15) is 0 Å². The van der Waals surface area contributed by atoms with Crippen molar-refractivity contribution in [1.82, 2.24) is 4.90 Å². The van der Waals surface area contributed by atoms with Gasteiger partial charge in [-0.05, 0) is 0 Å². The van der Waals surface area contributed by atoms with Gasteiger partial charge in [0.15, 0.2) is 5.96 Å². The lowest BCUT2D eigenvalue weighted by molar-refractivity contribution is -0.223. The van der Waals surface area contributed by atoms with Gasteiger partial charge >= 0.3 is 5.97 Å². The summed E-state index contributed by atoms with van der Waals surface area (Å²) in [5.41, 5.74) is 10.4. The van der Waals surface area contributed by atoms with Crippen LogP contribution in [-0.2, 0) is 4.79 Å². The van der Waals surface area contributed by atoms with Crippen molar-refractivity contribution in [3.63, 3.8) is 0 Å². The van der Waals surface area contributed by atoms with Crippen LogP contribution in [0.25, 0.3) is 0 Å². The smallest absolute Gasteiger partial charge is 0.323 e. The lowest BCUT2D eigenvalue weighted by Crippen LogP contribution is -2.57. The van der Waals surface area contributed by atoms with Crippen molar-refractivity contribution < 1.29 is 25.2 Å². The summed E-state index contributed by atoms with van der Waals surface area (Å²) in [6.07, 6.45) is -2.08. The average molecular weight is 250 g/mol. The Bertz CT molecular complexity index is 304. The van der Waals surface area contributed by atoms with E-state index in [1.165, 1.54) is 4.90 Å². The van der Waals surface area contributed by atoms with Crippen molar-refractivity contribution in [3.05, 3.63) is 0 Å². The van der Waals surface area contributed by atoms with Gasteiger partial charge in [-0.15, -0.1) is 0 Å². The second kappa shape index (κ2) is 5.77. The van der Waals surface area contributed by atoms with E-state index in [0.717, 1.165) is 0 Å². The van der Waals surface area contributed by atoms with Crippen LogP contribution >= 0.6 is 0 Å². The number of rotatable bonds is 5. The number of nitrogens with zero attached hydrogens (tertiary/aromatic N) is 2. The predicted octanol–water partition coefficient (Wildman–Crippen LogP) is -3.68. The first-order valence-corrected chi connectivity index (χ1v) is 4.68. The van der Waals surface area contributed by atoms with Crippen LogP contribution in [0.15, 0.2) is 4.99 Å². The molecule has 0 fully saturated rings. The van der Waals surface area contributed by atoms with Crippen molar-refractivity contribution in [2.45, 2.75) is 17.9 Å². The summed E-state index contributed by atoms with van der Waals surface area (Å²) < 4.78 is 0. The fourth-order valence-corrected chi connectivity index (χ4v) is 0.855. The topological polar surface area (TPSA) is 166 Å². The van der Waals surface area contributed by atoms with Crippen molar-refractivity contribution in [1.29, 1.82) is 0 Å². The number of aliphatic carboxylic acids is 1. The Morgan fingerprint density at radius 2 is 1.94 bits per heavy atom. The molecule has 0 aliphatic rings. The minimum Gasteiger partial charge on any atom is -0.480 e. The molecule has 0 aliphatic heterocycles. The number of nitrogens with two attached hydrogens (primary N) is 2. The first-order valence-electron chi connectivity index (χ1n) is 4.68. The highest BCUT2D eigenvalue weighted by molar-refractivity contribution is 5.77. The van der Waals surface area contributed by atoms with Gasteiger partial charge in [0.2, 0.25) is 5.79 Å². The van der Waals surface area contributed by atoms with Crippen LogP contribution < -0.4 is 11.5 Å². The highest BCUT2D eigenvalue weighted by Crippen LogP contribution is 2.10. The molecule has 9 heteroatoms. The number of guanidine groups is 1. The summed E-state index contributed by atoms with van der Waals surface area (Å²) in [6, 6.07) is -1.83. The van der Waals surface area contributed by atoms with Gasteiger partial charge in [-0.1, -0.05) is 0 Å². The van der Waals surface area contributed by atoms with E-state index in [0.29, 0.717) is 0 Å². The zero-order valence-electron chi connectivity index (χ0n) is 9.61. The summed E-state index contributed by atoms with van der Waals surface area (Å²) in [4.78, 5) is 15.4. The summed E-state index contributed by atoms with van der Waals surface area (Å²) in [7, 11) is 3.16. The normalized spacial score (nSPS) is 16.5. The van der Waals surface area contributed by atoms with Crippen LogP contribution in [-0.4, -0.2) is 75.8 Å². The third kappa shape index (κ3) is 4.53. The van der Waals surface area contributed by atoms with E-state index in [-0.39, 0.29) is 5.96 Å². The molecule has 8 N–H and O–H groups in total. The fourth-order valence-electron chi connectivity index (χ4n) is 0.855. The van der Waals surface area contributed by atoms with Crippen LogP contribution in [0.5, 0.6) is 0 Å². The number of hydrogen-bond donors (Lipinski definition) is 6. The minimum atomic E-state index is -2.77. The summed E-state index contributed by atoms with van der Waals surface area (Å²) in [5, 5.41) is 36.7. The molecule has 17 heavy (non-hydrogen) atoms. The molecule has 0 heterocycles. The maximum atomic E-state index is 10.5. The van der Waals surface area contributed by atoms with Crippen LogP contribution in [0.1, 0.15) is 0 Å². The summed E-state index contributed by atoms with van der Waals surface area (Å²) >= 11 is 0. The van der Waals surface area contributed by atoms with E-state index < -0.39 is 30.4 Å². The number of hydrogen-bond acceptors (Lipinski definition) is 6. The largest absolute Gasteiger partial charge is 0.480 e. The van der Waals surface area contributed by atoms with Gasteiger partial charge in [0.1, 0.15) is 12.1 Å². The second-order valence-corrected chi connectivity index (χ2v) is 3.76. The Kier molecular flexibility index (Phi) is 5.29. The van der Waals surface area contributed by atoms with E-state index in [1.807, 2.05) is 0 Å². The van der Waals surface area contributed by atoms with Crippen molar-refractivity contribution >= 4 is 11.9 Å². The standard InChI is InChI=1S/C8H18N4O5/c1-12(2)7(10)11-3-8(16,17)5(13)4(9)6(14)15/h4-5,13,16-17H,3,9H2,1-2H3,(H2,10,11)(H,14,15). The van der Waals surface area contributed by atoms with E-state index in [9.17, 15) is 20.1 Å². The number of aliphatic hydroxyl groups excluding tert-OH is 1. The molecule has 0 aromatic carbocycles. The molecular weight excluding hydrogens is 232 g/mol. The number of carboxylic acid groups (broad SMARTS) is 1. The maximum absolute atomic E-state index is 10.5. The fraction of sp³-hybridized carbons (Fsp3) is 0.750. The average Bonchev–Trinajstić information content (AvgIpc) is 2.23. The van der Waals surface area contributed by atoms with Crippen LogP contribution in [0.3, 0.4) is 0 Å². The molecule has 0 amide bonds. The number of carboxylic acids is 1. The highest BCUT2D eigenvalue weighted by atomic mass is 16.5. The third-order valence-electron chi connectivity index (χ3n) is 2.03. The molecule has 0 bridgehead atoms. The number of aliphatic hydroxyl groups is 3. The molecule has 0 saturated heterocycles. The minimum absolute atomic E-state index is 0.00595. The molecule has 0 spiro atoms. The second-order valence-electron chi connectivity index (χ2n) is 3.76. The third-order valence-corrected chi connectivity index (χ3v) is 2.03. The monoisotopic (exact) mass is 250 g/mol. The van der Waals surface area contributed by atoms with Gasteiger partial charge in [0.05, 0.1) is 6.54 Å². The molecule has 0 aromatic heterocycles. The molecule has 0 radical (unpaired) electrons. The maximum Gasteiger partial charge on any atom is 0.323 e. The van der Waals surface area contributed by atoms with E-state index >= 15 is 0 Å². The lowest BCUT2D eigenvalue weighted by atomic mass is 10.0. The van der Waals surface area contributed by atoms with Crippen molar-refractivity contribution in [2.24, 2.45) is 16.5 Å². The molecule has 2 atom stereocenters. The van der Waals surface area contributed by atoms with Crippen LogP contribution in [0.2, 0.25) is 0 Å². The number of carbonyl (C=O) groups is 1. The molecular formula is C8H18N4O5. The zero-order chi connectivity index (χ0) is 13.8. The Morgan fingerprint density at radius 1 is 1.47 bits per heavy atom. The first kappa shape index (κ1) is 15.6. The Labute approximate surface area is 98.0 Å². The van der Waals surface area contributed by atoms with Gasteiger partial charge in [0, 0.05) is 14.1 Å². The van der Waals surface area contributed by atoms with E-state index in [2.05, 4.69) is 4.99 Å². The summed E-state index contributed by atoms with van der Waals surface area (Å²) in [6.45, 7) is -0.695. The Hall–Kier alpha value is -1.42. The lowest BCUT2D eigenvalue weighted by Gasteiger charge is -2.28. The van der Waals surface area contributed by atoms with Crippen LogP contribution in [0.4, 0.5) is 0 Å². The SMILES string of the molecule is CN(C)C(N)=NCC(O)(O)C(O)C(N)C(=O)O. The Balaban J connectivity index is 4.68. The van der Waals surface area contributed by atoms with E-state index in [4.69, 9.17) is 16.6 Å². The van der Waals surface area contributed by atoms with Crippen LogP contribution in [0, 0.1) is 0 Å². The van der Waals surface area contributed by atoms with Crippen molar-refractivity contribution in [2.75, 3.05) is 20.6 Å². The molecule has 9 nitrogen and oxygen atoms in total. The molecule has 2 unspecified atom stereocenters. The zero-order valence-corrected chi connectivity index (χ0v) is 9.61. The van der Waals surface area contributed by atoms with Gasteiger partial charge in [-0.3, -0.25) is 4.79 Å². The molecule has 0 aromatic rings. The number of aliphatic imine (C=N–C) groups is 1. The highest BCUT2D eigenvalue weighted by Gasteiger charge is 2.40. The summed E-state index contributed by atoms with van der Waals surface area (Å²) in [5.74, 6) is -4.33. The first-order chi connectivity index (χ1) is 7.59. The molecule has 0 saturated carbocycles. The van der Waals surface area contributed by atoms with Gasteiger partial charge in [-0.25, -0.2) is 4.99 Å². The van der Waals surface area contributed by atoms with Gasteiger partial charge in [0.25, 0.3) is 0 Å². The van der Waals surface area contributed by atoms with E-state index in [1.54, 1.807) is 14.1 Å². The predicted molar refractivity (Wildman–Crippen MR) is 59.0 cm³/mol. The molecule has 0 aliphatic carbocycles. The quantitative estimate of drug-likeness (QED) is 0.165. The molecule has 0 rings (SSSR count). The van der Waals surface area contributed by atoms with Crippen molar-refractivity contribution in [3.8, 4) is 0 Å². The molecule has 100 valence electrons. The Morgan fingerprint density at radius 3 is 2.29 bits per heavy atom.